The maximum atomic E-state index is 12.0. The van der Waals surface area contributed by atoms with E-state index in [2.05, 4.69) is 58.4 Å². The second kappa shape index (κ2) is 5.81. The van der Waals surface area contributed by atoms with Crippen LogP contribution in [0, 0.1) is 6.92 Å². The standard InChI is InChI=1S/C16H21N5O/c1-10-3-5-11(6-4-10)9-21(2)12-7-13-14(18-8-12)19-16(17)20-15(13)22/h3-6,12H,7-9H2,1-2H3,(H4,17,18,19,20,22). The van der Waals surface area contributed by atoms with Gasteiger partial charge in [0.1, 0.15) is 5.82 Å². The largest absolute Gasteiger partial charge is 0.369 e. The summed E-state index contributed by atoms with van der Waals surface area (Å²) in [7, 11) is 2.08. The van der Waals surface area contributed by atoms with Gasteiger partial charge in [-0.05, 0) is 26.0 Å². The van der Waals surface area contributed by atoms with Crippen LogP contribution in [0.3, 0.4) is 0 Å². The van der Waals surface area contributed by atoms with Crippen molar-refractivity contribution in [1.29, 1.82) is 0 Å². The van der Waals surface area contributed by atoms with Crippen molar-refractivity contribution in [3.8, 4) is 0 Å². The quantitative estimate of drug-likeness (QED) is 0.791. The lowest BCUT2D eigenvalue weighted by Crippen LogP contribution is -2.43. The molecule has 0 radical (unpaired) electrons. The highest BCUT2D eigenvalue weighted by Crippen LogP contribution is 2.20. The normalized spacial score (nSPS) is 17.1. The van der Waals surface area contributed by atoms with E-state index in [-0.39, 0.29) is 17.5 Å². The molecule has 2 heterocycles. The molecule has 6 nitrogen and oxygen atoms in total. The number of rotatable bonds is 3. The molecular formula is C16H21N5O. The molecule has 1 unspecified atom stereocenters. The molecule has 6 heteroatoms. The molecule has 0 bridgehead atoms. The highest BCUT2D eigenvalue weighted by molar-refractivity contribution is 5.48. The van der Waals surface area contributed by atoms with Crippen LogP contribution in [-0.4, -0.2) is 34.5 Å². The van der Waals surface area contributed by atoms with Crippen LogP contribution < -0.4 is 16.6 Å². The number of likely N-dealkylation sites (N-methyl/N-ethyl adjacent to an activating group) is 1. The molecular weight excluding hydrogens is 278 g/mol. The van der Waals surface area contributed by atoms with Crippen molar-refractivity contribution in [2.75, 3.05) is 24.6 Å². The summed E-state index contributed by atoms with van der Waals surface area (Å²) in [6.45, 7) is 3.69. The number of nitrogens with zero attached hydrogens (tertiary/aromatic N) is 2. The molecule has 0 amide bonds. The number of anilines is 2. The van der Waals surface area contributed by atoms with E-state index >= 15 is 0 Å². The molecule has 0 spiro atoms. The van der Waals surface area contributed by atoms with Crippen molar-refractivity contribution in [2.45, 2.75) is 25.9 Å². The van der Waals surface area contributed by atoms with Crippen LogP contribution in [-0.2, 0) is 13.0 Å². The Hall–Kier alpha value is -2.34. The van der Waals surface area contributed by atoms with Gasteiger partial charge in [-0.2, -0.15) is 4.98 Å². The summed E-state index contributed by atoms with van der Waals surface area (Å²) in [4.78, 5) is 21.0. The van der Waals surface area contributed by atoms with E-state index in [0.29, 0.717) is 17.8 Å². The summed E-state index contributed by atoms with van der Waals surface area (Å²) in [5.74, 6) is 0.768. The molecule has 0 saturated carbocycles. The minimum Gasteiger partial charge on any atom is -0.369 e. The number of nitrogen functional groups attached to an aromatic ring is 1. The molecule has 2 aromatic rings. The second-order valence-electron chi connectivity index (χ2n) is 5.92. The predicted octanol–water partition coefficient (Wildman–Crippen LogP) is 1.13. The van der Waals surface area contributed by atoms with Gasteiger partial charge in [0.2, 0.25) is 5.95 Å². The summed E-state index contributed by atoms with van der Waals surface area (Å²) in [6.07, 6.45) is 0.674. The number of aryl methyl sites for hydroxylation is 1. The van der Waals surface area contributed by atoms with Gasteiger partial charge in [-0.15, -0.1) is 0 Å². The van der Waals surface area contributed by atoms with Crippen molar-refractivity contribution in [3.05, 3.63) is 51.3 Å². The van der Waals surface area contributed by atoms with Gasteiger partial charge in [0.25, 0.3) is 5.56 Å². The number of benzene rings is 1. The van der Waals surface area contributed by atoms with Gasteiger partial charge in [0, 0.05) is 19.1 Å². The van der Waals surface area contributed by atoms with E-state index in [1.54, 1.807) is 0 Å². The molecule has 116 valence electrons. The average Bonchev–Trinajstić information content (AvgIpc) is 2.49. The number of nitrogens with two attached hydrogens (primary N) is 1. The fourth-order valence-corrected chi connectivity index (χ4v) is 2.80. The van der Waals surface area contributed by atoms with Crippen LogP contribution in [0.25, 0.3) is 0 Å². The van der Waals surface area contributed by atoms with E-state index in [1.807, 2.05) is 0 Å². The molecule has 0 aliphatic carbocycles. The van der Waals surface area contributed by atoms with Crippen LogP contribution >= 0.6 is 0 Å². The Morgan fingerprint density at radius 1 is 1.36 bits per heavy atom. The molecule has 1 aliphatic heterocycles. The molecule has 0 fully saturated rings. The van der Waals surface area contributed by atoms with Gasteiger partial charge in [-0.25, -0.2) is 0 Å². The molecule has 0 saturated heterocycles. The van der Waals surface area contributed by atoms with E-state index < -0.39 is 0 Å². The highest BCUT2D eigenvalue weighted by atomic mass is 16.1. The lowest BCUT2D eigenvalue weighted by molar-refractivity contribution is 0.237. The summed E-state index contributed by atoms with van der Waals surface area (Å²) >= 11 is 0. The third-order valence-corrected chi connectivity index (χ3v) is 4.15. The average molecular weight is 299 g/mol. The Morgan fingerprint density at radius 3 is 2.82 bits per heavy atom. The third kappa shape index (κ3) is 2.96. The van der Waals surface area contributed by atoms with E-state index in [0.717, 1.165) is 13.1 Å². The minimum absolute atomic E-state index is 0.150. The number of fused-ring (bicyclic) bond motifs is 1. The van der Waals surface area contributed by atoms with Gasteiger partial charge >= 0.3 is 0 Å². The first-order valence-electron chi connectivity index (χ1n) is 7.41. The Balaban J connectivity index is 1.73. The smallest absolute Gasteiger partial charge is 0.257 e. The van der Waals surface area contributed by atoms with Crippen LogP contribution in [0.2, 0.25) is 0 Å². The van der Waals surface area contributed by atoms with Crippen molar-refractivity contribution in [1.82, 2.24) is 14.9 Å². The van der Waals surface area contributed by atoms with E-state index in [1.165, 1.54) is 11.1 Å². The summed E-state index contributed by atoms with van der Waals surface area (Å²) in [5.41, 5.74) is 8.63. The molecule has 1 aromatic heterocycles. The van der Waals surface area contributed by atoms with Crippen LogP contribution in [0.4, 0.5) is 11.8 Å². The van der Waals surface area contributed by atoms with Gasteiger partial charge in [0.05, 0.1) is 5.56 Å². The van der Waals surface area contributed by atoms with E-state index in [9.17, 15) is 4.79 Å². The third-order valence-electron chi connectivity index (χ3n) is 4.15. The Bertz CT molecular complexity index is 722. The zero-order valence-corrected chi connectivity index (χ0v) is 12.9. The second-order valence-corrected chi connectivity index (χ2v) is 5.92. The first-order chi connectivity index (χ1) is 10.5. The maximum Gasteiger partial charge on any atom is 0.257 e. The summed E-state index contributed by atoms with van der Waals surface area (Å²) in [5, 5.41) is 3.22. The first-order valence-corrected chi connectivity index (χ1v) is 7.41. The number of nitrogens with one attached hydrogen (secondary N) is 2. The molecule has 3 rings (SSSR count). The molecule has 1 atom stereocenters. The van der Waals surface area contributed by atoms with Gasteiger partial charge in [-0.3, -0.25) is 14.7 Å². The van der Waals surface area contributed by atoms with E-state index in [4.69, 9.17) is 5.73 Å². The number of H-pyrrole nitrogens is 1. The van der Waals surface area contributed by atoms with Crippen molar-refractivity contribution < 1.29 is 0 Å². The first kappa shape index (κ1) is 14.6. The Kier molecular flexibility index (Phi) is 3.85. The van der Waals surface area contributed by atoms with Gasteiger partial charge in [0.15, 0.2) is 0 Å². The number of hydrogen-bond acceptors (Lipinski definition) is 5. The van der Waals surface area contributed by atoms with Crippen LogP contribution in [0.1, 0.15) is 16.7 Å². The van der Waals surface area contributed by atoms with Crippen molar-refractivity contribution >= 4 is 11.8 Å². The zero-order valence-electron chi connectivity index (χ0n) is 12.9. The van der Waals surface area contributed by atoms with Gasteiger partial charge < -0.3 is 11.1 Å². The molecule has 4 N–H and O–H groups in total. The van der Waals surface area contributed by atoms with Crippen LogP contribution in [0.15, 0.2) is 29.1 Å². The lowest BCUT2D eigenvalue weighted by atomic mass is 10.0. The number of aromatic nitrogens is 2. The zero-order chi connectivity index (χ0) is 15.7. The fourth-order valence-electron chi connectivity index (χ4n) is 2.80. The van der Waals surface area contributed by atoms with Crippen molar-refractivity contribution in [2.24, 2.45) is 0 Å². The summed E-state index contributed by atoms with van der Waals surface area (Å²) < 4.78 is 0. The number of hydrogen-bond donors (Lipinski definition) is 3. The topological polar surface area (TPSA) is 87.0 Å². The molecule has 1 aliphatic rings. The lowest BCUT2D eigenvalue weighted by Gasteiger charge is -2.32. The summed E-state index contributed by atoms with van der Waals surface area (Å²) in [6, 6.07) is 8.78. The molecule has 22 heavy (non-hydrogen) atoms. The van der Waals surface area contributed by atoms with Gasteiger partial charge in [-0.1, -0.05) is 29.8 Å². The highest BCUT2D eigenvalue weighted by Gasteiger charge is 2.25. The number of aromatic amines is 1. The Morgan fingerprint density at radius 2 is 2.09 bits per heavy atom. The minimum atomic E-state index is -0.150. The predicted molar refractivity (Wildman–Crippen MR) is 87.9 cm³/mol. The Labute approximate surface area is 129 Å². The van der Waals surface area contributed by atoms with Crippen LogP contribution in [0.5, 0.6) is 0 Å². The fraction of sp³-hybridized carbons (Fsp3) is 0.375. The molecule has 1 aromatic carbocycles. The maximum absolute atomic E-state index is 12.0. The monoisotopic (exact) mass is 299 g/mol. The van der Waals surface area contributed by atoms with Crippen molar-refractivity contribution in [3.63, 3.8) is 0 Å². The SMILES string of the molecule is Cc1ccc(CN(C)C2CNc3nc(N)[nH]c(=O)c3C2)cc1.